The number of aryl methyl sites for hydroxylation is 2. The highest BCUT2D eigenvalue weighted by Crippen LogP contribution is 2.23. The molecule has 5 nitrogen and oxygen atoms in total. The zero-order valence-corrected chi connectivity index (χ0v) is 9.41. The molecule has 0 fully saturated rings. The molecule has 82 valence electrons. The van der Waals surface area contributed by atoms with Crippen LogP contribution in [0.15, 0.2) is 0 Å². The molecular formula is C9H12ClN3O2. The van der Waals surface area contributed by atoms with Gasteiger partial charge in [-0.05, 0) is 31.4 Å². The SMILES string of the molecule is CCCCc1nc(Cl)nc(C)c1[N+](=O)[O-]. The normalized spacial score (nSPS) is 10.3. The molecule has 0 N–H and O–H groups in total. The van der Waals surface area contributed by atoms with Gasteiger partial charge in [-0.25, -0.2) is 9.97 Å². The van der Waals surface area contributed by atoms with Crippen molar-refractivity contribution in [2.45, 2.75) is 33.1 Å². The minimum absolute atomic E-state index is 0.00662. The van der Waals surface area contributed by atoms with Crippen LogP contribution in [-0.2, 0) is 6.42 Å². The molecule has 0 atom stereocenters. The molecule has 0 aliphatic heterocycles. The third-order valence-corrected chi connectivity index (χ3v) is 2.22. The van der Waals surface area contributed by atoms with E-state index in [0.717, 1.165) is 12.8 Å². The van der Waals surface area contributed by atoms with Crippen LogP contribution >= 0.6 is 11.6 Å². The Morgan fingerprint density at radius 2 is 2.13 bits per heavy atom. The summed E-state index contributed by atoms with van der Waals surface area (Å²) in [5.74, 6) is 0. The fraction of sp³-hybridized carbons (Fsp3) is 0.556. The Morgan fingerprint density at radius 3 is 2.67 bits per heavy atom. The number of nitro groups is 1. The summed E-state index contributed by atoms with van der Waals surface area (Å²) in [7, 11) is 0. The fourth-order valence-electron chi connectivity index (χ4n) is 1.35. The van der Waals surface area contributed by atoms with E-state index >= 15 is 0 Å². The van der Waals surface area contributed by atoms with Crippen LogP contribution in [0.5, 0.6) is 0 Å². The largest absolute Gasteiger partial charge is 0.311 e. The number of hydrogen-bond donors (Lipinski definition) is 0. The summed E-state index contributed by atoms with van der Waals surface area (Å²) in [5.41, 5.74) is 0.748. The number of halogens is 1. The zero-order chi connectivity index (χ0) is 11.4. The van der Waals surface area contributed by atoms with Gasteiger partial charge in [0.15, 0.2) is 0 Å². The number of hydrogen-bond acceptors (Lipinski definition) is 4. The number of nitrogens with zero attached hydrogens (tertiary/aromatic N) is 3. The van der Waals surface area contributed by atoms with Gasteiger partial charge in [-0.1, -0.05) is 13.3 Å². The minimum atomic E-state index is -0.448. The lowest BCUT2D eigenvalue weighted by Crippen LogP contribution is -2.04. The molecule has 6 heteroatoms. The zero-order valence-electron chi connectivity index (χ0n) is 8.66. The predicted octanol–water partition coefficient (Wildman–Crippen LogP) is 2.69. The van der Waals surface area contributed by atoms with Crippen LogP contribution in [0, 0.1) is 17.0 Å². The van der Waals surface area contributed by atoms with Gasteiger partial charge in [0.2, 0.25) is 5.28 Å². The summed E-state index contributed by atoms with van der Waals surface area (Å²) in [5, 5.41) is 10.9. The third kappa shape index (κ3) is 2.86. The van der Waals surface area contributed by atoms with E-state index in [0.29, 0.717) is 17.8 Å². The molecule has 1 aromatic heterocycles. The first-order valence-corrected chi connectivity index (χ1v) is 5.11. The van der Waals surface area contributed by atoms with E-state index in [-0.39, 0.29) is 11.0 Å². The Labute approximate surface area is 92.7 Å². The lowest BCUT2D eigenvalue weighted by molar-refractivity contribution is -0.386. The molecule has 1 rings (SSSR count). The van der Waals surface area contributed by atoms with E-state index < -0.39 is 4.92 Å². The molecule has 0 amide bonds. The minimum Gasteiger partial charge on any atom is -0.258 e. The van der Waals surface area contributed by atoms with Crippen LogP contribution in [0.25, 0.3) is 0 Å². The maximum atomic E-state index is 10.8. The molecule has 15 heavy (non-hydrogen) atoms. The van der Waals surface area contributed by atoms with Crippen molar-refractivity contribution in [1.29, 1.82) is 0 Å². The van der Waals surface area contributed by atoms with Crippen molar-refractivity contribution in [3.63, 3.8) is 0 Å². The summed E-state index contributed by atoms with van der Waals surface area (Å²) < 4.78 is 0. The smallest absolute Gasteiger partial charge is 0.258 e. The van der Waals surface area contributed by atoms with Crippen molar-refractivity contribution in [1.82, 2.24) is 9.97 Å². The second-order valence-corrected chi connectivity index (χ2v) is 3.57. The Bertz CT molecular complexity index is 382. The molecule has 0 aromatic carbocycles. The van der Waals surface area contributed by atoms with Gasteiger partial charge >= 0.3 is 5.69 Å². The van der Waals surface area contributed by atoms with Gasteiger partial charge < -0.3 is 0 Å². The Hall–Kier alpha value is -1.23. The Morgan fingerprint density at radius 1 is 1.47 bits per heavy atom. The van der Waals surface area contributed by atoms with Crippen molar-refractivity contribution >= 4 is 17.3 Å². The van der Waals surface area contributed by atoms with E-state index in [1.807, 2.05) is 6.92 Å². The van der Waals surface area contributed by atoms with Gasteiger partial charge in [-0.15, -0.1) is 0 Å². The van der Waals surface area contributed by atoms with Crippen molar-refractivity contribution in [2.75, 3.05) is 0 Å². The highest BCUT2D eigenvalue weighted by Gasteiger charge is 2.20. The maximum Gasteiger partial charge on any atom is 0.311 e. The van der Waals surface area contributed by atoms with Crippen LogP contribution in [0.2, 0.25) is 5.28 Å². The fourth-order valence-corrected chi connectivity index (χ4v) is 1.57. The van der Waals surface area contributed by atoms with Gasteiger partial charge in [0.25, 0.3) is 0 Å². The molecule has 1 aromatic rings. The predicted molar refractivity (Wildman–Crippen MR) is 57.0 cm³/mol. The van der Waals surface area contributed by atoms with Gasteiger partial charge in [-0.2, -0.15) is 0 Å². The van der Waals surface area contributed by atoms with Gasteiger partial charge in [0.05, 0.1) is 4.92 Å². The lowest BCUT2D eigenvalue weighted by Gasteiger charge is -2.03. The quantitative estimate of drug-likeness (QED) is 0.452. The lowest BCUT2D eigenvalue weighted by atomic mass is 10.1. The van der Waals surface area contributed by atoms with Crippen LogP contribution < -0.4 is 0 Å². The molecule has 0 bridgehead atoms. The van der Waals surface area contributed by atoms with E-state index in [1.165, 1.54) is 0 Å². The standard InChI is InChI=1S/C9H12ClN3O2/c1-3-4-5-7-8(13(14)15)6(2)11-9(10)12-7/h3-5H2,1-2H3. The summed E-state index contributed by atoms with van der Waals surface area (Å²) in [6.45, 7) is 3.59. The molecule has 1 heterocycles. The molecule has 0 aliphatic carbocycles. The molecule has 0 radical (unpaired) electrons. The van der Waals surface area contributed by atoms with Crippen LogP contribution in [0.3, 0.4) is 0 Å². The Balaban J connectivity index is 3.14. The van der Waals surface area contributed by atoms with Crippen LogP contribution in [-0.4, -0.2) is 14.9 Å². The number of unbranched alkanes of at least 4 members (excludes halogenated alkanes) is 1. The second-order valence-electron chi connectivity index (χ2n) is 3.23. The highest BCUT2D eigenvalue weighted by atomic mass is 35.5. The topological polar surface area (TPSA) is 68.9 Å². The summed E-state index contributed by atoms with van der Waals surface area (Å²) in [6.07, 6.45) is 2.38. The number of aromatic nitrogens is 2. The molecular weight excluding hydrogens is 218 g/mol. The first kappa shape index (κ1) is 11.8. The van der Waals surface area contributed by atoms with Crippen molar-refractivity contribution in [2.24, 2.45) is 0 Å². The van der Waals surface area contributed by atoms with E-state index in [4.69, 9.17) is 11.6 Å². The van der Waals surface area contributed by atoms with E-state index in [1.54, 1.807) is 6.92 Å². The monoisotopic (exact) mass is 229 g/mol. The average Bonchev–Trinajstić information content (AvgIpc) is 2.12. The van der Waals surface area contributed by atoms with Gasteiger partial charge in [0.1, 0.15) is 11.4 Å². The Kier molecular flexibility index (Phi) is 3.96. The van der Waals surface area contributed by atoms with Gasteiger partial charge in [-0.3, -0.25) is 10.1 Å². The van der Waals surface area contributed by atoms with Crippen molar-refractivity contribution in [3.8, 4) is 0 Å². The second kappa shape index (κ2) is 5.02. The van der Waals surface area contributed by atoms with E-state index in [2.05, 4.69) is 9.97 Å². The molecule has 0 saturated heterocycles. The molecule has 0 unspecified atom stereocenters. The summed E-state index contributed by atoms with van der Waals surface area (Å²) in [4.78, 5) is 18.0. The first-order valence-electron chi connectivity index (χ1n) is 4.73. The van der Waals surface area contributed by atoms with Crippen LogP contribution in [0.4, 0.5) is 5.69 Å². The third-order valence-electron chi connectivity index (χ3n) is 2.05. The van der Waals surface area contributed by atoms with E-state index in [9.17, 15) is 10.1 Å². The number of rotatable bonds is 4. The van der Waals surface area contributed by atoms with Crippen LogP contribution in [0.1, 0.15) is 31.2 Å². The van der Waals surface area contributed by atoms with Gasteiger partial charge in [0, 0.05) is 0 Å². The van der Waals surface area contributed by atoms with Crippen molar-refractivity contribution in [3.05, 3.63) is 26.8 Å². The summed E-state index contributed by atoms with van der Waals surface area (Å²) in [6, 6.07) is 0. The molecule has 0 spiro atoms. The highest BCUT2D eigenvalue weighted by molar-refractivity contribution is 6.28. The molecule has 0 aliphatic rings. The summed E-state index contributed by atoms with van der Waals surface area (Å²) >= 11 is 5.66. The van der Waals surface area contributed by atoms with Crippen molar-refractivity contribution < 1.29 is 4.92 Å². The first-order chi connectivity index (χ1) is 7.06. The molecule has 0 saturated carbocycles. The maximum absolute atomic E-state index is 10.8. The average molecular weight is 230 g/mol.